The van der Waals surface area contributed by atoms with Gasteiger partial charge in [-0.1, -0.05) is 74.5 Å². The molecule has 0 aliphatic heterocycles. The van der Waals surface area contributed by atoms with E-state index in [1.165, 1.54) is 11.3 Å². The second-order valence-electron chi connectivity index (χ2n) is 7.11. The van der Waals surface area contributed by atoms with Gasteiger partial charge in [0.25, 0.3) is 0 Å². The number of benzene rings is 2. The van der Waals surface area contributed by atoms with Crippen LogP contribution in [0.5, 0.6) is 0 Å². The maximum absolute atomic E-state index is 13.1. The molecule has 156 valence electrons. The van der Waals surface area contributed by atoms with Gasteiger partial charge in [0.2, 0.25) is 5.91 Å². The van der Waals surface area contributed by atoms with E-state index in [1.54, 1.807) is 6.92 Å². The summed E-state index contributed by atoms with van der Waals surface area (Å²) in [7, 11) is 0. The van der Waals surface area contributed by atoms with Crippen molar-refractivity contribution in [3.05, 3.63) is 88.3 Å². The zero-order valence-electron chi connectivity index (χ0n) is 17.6. The highest BCUT2D eigenvalue weighted by molar-refractivity contribution is 7.16. The van der Waals surface area contributed by atoms with Crippen molar-refractivity contribution in [2.24, 2.45) is 0 Å². The zero-order chi connectivity index (χ0) is 21.5. The number of thiophene rings is 1. The molecule has 4 nitrogen and oxygen atoms in total. The minimum Gasteiger partial charge on any atom is -0.462 e. The normalized spacial score (nSPS) is 12.8. The highest BCUT2D eigenvalue weighted by atomic mass is 32.1. The van der Waals surface area contributed by atoms with Gasteiger partial charge in [-0.05, 0) is 30.5 Å². The third-order valence-electron chi connectivity index (χ3n) is 5.14. The van der Waals surface area contributed by atoms with Crippen molar-refractivity contribution in [1.29, 1.82) is 0 Å². The number of carbonyl (C=O) groups excluding carboxylic acids is 2. The fourth-order valence-corrected chi connectivity index (χ4v) is 4.57. The van der Waals surface area contributed by atoms with Crippen LogP contribution in [0.3, 0.4) is 0 Å². The molecule has 1 aromatic heterocycles. The first-order valence-electron chi connectivity index (χ1n) is 10.3. The molecule has 0 aliphatic carbocycles. The predicted octanol–water partition coefficient (Wildman–Crippen LogP) is 6.21. The summed E-state index contributed by atoms with van der Waals surface area (Å²) in [4.78, 5) is 26.6. The van der Waals surface area contributed by atoms with Crippen molar-refractivity contribution in [1.82, 2.24) is 0 Å². The van der Waals surface area contributed by atoms with Gasteiger partial charge in [-0.25, -0.2) is 4.79 Å². The van der Waals surface area contributed by atoms with Gasteiger partial charge in [-0.3, -0.25) is 4.79 Å². The minimum atomic E-state index is -0.414. The lowest BCUT2D eigenvalue weighted by molar-refractivity contribution is -0.117. The maximum Gasteiger partial charge on any atom is 0.341 e. The Bertz CT molecular complexity index is 982. The Labute approximate surface area is 181 Å². The van der Waals surface area contributed by atoms with Gasteiger partial charge >= 0.3 is 5.97 Å². The number of nitrogens with one attached hydrogen (secondary N) is 1. The molecule has 0 unspecified atom stereocenters. The van der Waals surface area contributed by atoms with Crippen LogP contribution in [-0.2, 0) is 9.53 Å². The van der Waals surface area contributed by atoms with Crippen LogP contribution in [0, 0.1) is 0 Å². The Balaban J connectivity index is 1.91. The fourth-order valence-electron chi connectivity index (χ4n) is 3.44. The molecule has 0 saturated heterocycles. The number of hydrogen-bond donors (Lipinski definition) is 1. The Morgan fingerprint density at radius 1 is 0.967 bits per heavy atom. The van der Waals surface area contributed by atoms with Crippen LogP contribution in [0.25, 0.3) is 0 Å². The smallest absolute Gasteiger partial charge is 0.341 e. The lowest BCUT2D eigenvalue weighted by atomic mass is 9.95. The third kappa shape index (κ3) is 4.97. The van der Waals surface area contributed by atoms with E-state index in [1.807, 2.05) is 61.5 Å². The van der Waals surface area contributed by atoms with E-state index >= 15 is 0 Å². The van der Waals surface area contributed by atoms with Crippen LogP contribution >= 0.6 is 11.3 Å². The minimum absolute atomic E-state index is 0.103. The molecule has 3 aromatic rings. The molecule has 1 heterocycles. The van der Waals surface area contributed by atoms with Gasteiger partial charge in [-0.15, -0.1) is 11.3 Å². The van der Waals surface area contributed by atoms with E-state index in [9.17, 15) is 9.59 Å². The van der Waals surface area contributed by atoms with Gasteiger partial charge in [0.1, 0.15) is 5.00 Å². The molecule has 1 amide bonds. The lowest BCUT2D eigenvalue weighted by Gasteiger charge is -2.15. The van der Waals surface area contributed by atoms with Crippen molar-refractivity contribution in [3.63, 3.8) is 0 Å². The number of hydrogen-bond acceptors (Lipinski definition) is 4. The number of esters is 1. The van der Waals surface area contributed by atoms with Crippen molar-refractivity contribution < 1.29 is 14.3 Å². The van der Waals surface area contributed by atoms with Gasteiger partial charge in [-0.2, -0.15) is 0 Å². The molecule has 0 aliphatic rings. The standard InChI is InChI=1S/C25H27NO3S/c1-4-20(19-14-10-7-11-15-19)23(27)26-24-21(25(28)29-5-2)16-22(30-24)17(3)18-12-8-6-9-13-18/h6-17,20H,4-5H2,1-3H3,(H,26,27)/t17-,20+/m0/s1. The van der Waals surface area contributed by atoms with Gasteiger partial charge < -0.3 is 10.1 Å². The van der Waals surface area contributed by atoms with E-state index < -0.39 is 5.97 Å². The molecule has 3 rings (SSSR count). The summed E-state index contributed by atoms with van der Waals surface area (Å²) in [5, 5.41) is 3.55. The second kappa shape index (κ2) is 10.2. The molecule has 0 saturated carbocycles. The van der Waals surface area contributed by atoms with E-state index in [0.29, 0.717) is 17.0 Å². The van der Waals surface area contributed by atoms with Crippen LogP contribution in [0.4, 0.5) is 5.00 Å². The summed E-state index contributed by atoms with van der Waals surface area (Å²) in [6.07, 6.45) is 0.670. The average Bonchev–Trinajstić information content (AvgIpc) is 3.19. The molecule has 5 heteroatoms. The number of ether oxygens (including phenoxy) is 1. The molecule has 0 bridgehead atoms. The number of anilines is 1. The molecule has 2 aromatic carbocycles. The van der Waals surface area contributed by atoms with Gasteiger partial charge in [0.05, 0.1) is 18.1 Å². The predicted molar refractivity (Wildman–Crippen MR) is 122 cm³/mol. The van der Waals surface area contributed by atoms with Crippen LogP contribution < -0.4 is 5.32 Å². The molecule has 2 atom stereocenters. The fraction of sp³-hybridized carbons (Fsp3) is 0.280. The second-order valence-corrected chi connectivity index (χ2v) is 8.19. The average molecular weight is 422 g/mol. The molecule has 30 heavy (non-hydrogen) atoms. The van der Waals surface area contributed by atoms with Crippen LogP contribution in [-0.4, -0.2) is 18.5 Å². The highest BCUT2D eigenvalue weighted by Gasteiger charge is 2.25. The maximum atomic E-state index is 13.1. The third-order valence-corrected chi connectivity index (χ3v) is 6.37. The Morgan fingerprint density at radius 2 is 1.57 bits per heavy atom. The summed E-state index contributed by atoms with van der Waals surface area (Å²) in [5.74, 6) is -0.706. The lowest BCUT2D eigenvalue weighted by Crippen LogP contribution is -2.21. The van der Waals surface area contributed by atoms with E-state index in [4.69, 9.17) is 4.74 Å². The molecular weight excluding hydrogens is 394 g/mol. The van der Waals surface area contributed by atoms with Crippen LogP contribution in [0.2, 0.25) is 0 Å². The summed E-state index contributed by atoms with van der Waals surface area (Å²) >= 11 is 1.44. The molecular formula is C25H27NO3S. The quantitative estimate of drug-likeness (QED) is 0.440. The Kier molecular flexibility index (Phi) is 7.41. The van der Waals surface area contributed by atoms with Crippen LogP contribution in [0.15, 0.2) is 66.7 Å². The van der Waals surface area contributed by atoms with Crippen LogP contribution in [0.1, 0.15) is 65.4 Å². The molecule has 0 radical (unpaired) electrons. The molecule has 0 fully saturated rings. The first-order valence-corrected chi connectivity index (χ1v) is 11.1. The summed E-state index contributed by atoms with van der Waals surface area (Å²) in [6.45, 7) is 6.15. The van der Waals surface area contributed by atoms with Crippen molar-refractivity contribution in [2.75, 3.05) is 11.9 Å². The SMILES string of the molecule is CCOC(=O)c1cc([C@@H](C)c2ccccc2)sc1NC(=O)[C@H](CC)c1ccccc1. The van der Waals surface area contributed by atoms with E-state index in [2.05, 4.69) is 24.4 Å². The summed E-state index contributed by atoms with van der Waals surface area (Å²) in [5.41, 5.74) is 2.53. The zero-order valence-corrected chi connectivity index (χ0v) is 18.4. The summed E-state index contributed by atoms with van der Waals surface area (Å²) in [6, 6.07) is 21.7. The van der Waals surface area contributed by atoms with Crippen molar-refractivity contribution in [3.8, 4) is 0 Å². The highest BCUT2D eigenvalue weighted by Crippen LogP contribution is 2.37. The van der Waals surface area contributed by atoms with Crippen molar-refractivity contribution in [2.45, 2.75) is 39.0 Å². The van der Waals surface area contributed by atoms with Crippen molar-refractivity contribution >= 4 is 28.2 Å². The number of rotatable bonds is 8. The molecule has 0 spiro atoms. The summed E-state index contributed by atoms with van der Waals surface area (Å²) < 4.78 is 5.24. The Hall–Kier alpha value is -2.92. The van der Waals surface area contributed by atoms with E-state index in [-0.39, 0.29) is 24.3 Å². The molecule has 1 N–H and O–H groups in total. The largest absolute Gasteiger partial charge is 0.462 e. The number of amides is 1. The first-order chi connectivity index (χ1) is 14.5. The van der Waals surface area contributed by atoms with Gasteiger partial charge in [0.15, 0.2) is 0 Å². The van der Waals surface area contributed by atoms with Gasteiger partial charge in [0, 0.05) is 10.8 Å². The first kappa shape index (κ1) is 21.8. The number of carbonyl (C=O) groups is 2. The Morgan fingerprint density at radius 3 is 2.13 bits per heavy atom. The monoisotopic (exact) mass is 421 g/mol. The topological polar surface area (TPSA) is 55.4 Å². The van der Waals surface area contributed by atoms with E-state index in [0.717, 1.165) is 16.0 Å².